The molecule has 2 aliphatic rings. The summed E-state index contributed by atoms with van der Waals surface area (Å²) in [6.07, 6.45) is 3.74. The van der Waals surface area contributed by atoms with Crippen molar-refractivity contribution < 1.29 is 14.7 Å². The first-order valence-corrected chi connectivity index (χ1v) is 4.79. The van der Waals surface area contributed by atoms with E-state index in [1.165, 1.54) is 0 Å². The van der Waals surface area contributed by atoms with Crippen LogP contribution in [0.5, 0.6) is 0 Å². The zero-order chi connectivity index (χ0) is 10.3. The quantitative estimate of drug-likeness (QED) is 0.445. The maximum absolute atomic E-state index is 11.5. The number of allylic oxidation sites excluding steroid dienone is 1. The van der Waals surface area contributed by atoms with Crippen molar-refractivity contribution in [2.45, 2.75) is 6.92 Å². The van der Waals surface area contributed by atoms with Crippen molar-refractivity contribution in [3.8, 4) is 0 Å². The van der Waals surface area contributed by atoms with Crippen LogP contribution in [0, 0.1) is 23.7 Å². The third kappa shape index (κ3) is 1.18. The van der Waals surface area contributed by atoms with Crippen LogP contribution in [-0.2, 0) is 9.59 Å². The molecule has 0 aromatic rings. The van der Waals surface area contributed by atoms with E-state index in [-0.39, 0.29) is 42.1 Å². The predicted molar refractivity (Wildman–Crippen MR) is 49.0 cm³/mol. The molecule has 0 radical (unpaired) electrons. The molecule has 4 heteroatoms. The van der Waals surface area contributed by atoms with E-state index in [2.05, 4.69) is 5.32 Å². The molecule has 0 spiro atoms. The molecule has 0 aromatic heterocycles. The van der Waals surface area contributed by atoms with Crippen LogP contribution in [0.25, 0.3) is 0 Å². The van der Waals surface area contributed by atoms with Gasteiger partial charge in [0.15, 0.2) is 0 Å². The molecule has 1 aliphatic heterocycles. The van der Waals surface area contributed by atoms with Crippen LogP contribution in [0.2, 0.25) is 0 Å². The lowest BCUT2D eigenvalue weighted by atomic mass is 9.73. The summed E-state index contributed by atoms with van der Waals surface area (Å²) in [4.78, 5) is 22.9. The Bertz CT molecular complexity index is 310. The number of hydrogen-bond donors (Lipinski definition) is 2. The van der Waals surface area contributed by atoms with Crippen molar-refractivity contribution >= 4 is 11.8 Å². The van der Waals surface area contributed by atoms with Gasteiger partial charge in [0.05, 0.1) is 18.4 Å². The van der Waals surface area contributed by atoms with Crippen LogP contribution in [0.15, 0.2) is 12.2 Å². The fraction of sp³-hybridized carbons (Fsp3) is 0.600. The Kier molecular flexibility index (Phi) is 2.15. The minimum atomic E-state index is -0.368. The predicted octanol–water partition coefficient (Wildman–Crippen LogP) is -0.310. The Morgan fingerprint density at radius 2 is 1.93 bits per heavy atom. The average molecular weight is 195 g/mol. The van der Waals surface area contributed by atoms with Crippen molar-refractivity contribution in [1.29, 1.82) is 0 Å². The molecule has 2 rings (SSSR count). The standard InChI is InChI=1S/C10H13NO3/c1-5-2-3-6(4-12)8-7(5)9(13)11-10(8)14/h2-3,5-8,12H,4H2,1H3,(H,11,13,14). The van der Waals surface area contributed by atoms with Gasteiger partial charge in [0.25, 0.3) is 0 Å². The Balaban J connectivity index is 2.35. The van der Waals surface area contributed by atoms with Crippen molar-refractivity contribution in [2.75, 3.05) is 6.61 Å². The molecular weight excluding hydrogens is 182 g/mol. The van der Waals surface area contributed by atoms with Gasteiger partial charge in [-0.05, 0) is 5.92 Å². The maximum Gasteiger partial charge on any atom is 0.231 e. The fourth-order valence-electron chi connectivity index (χ4n) is 2.37. The third-order valence-corrected chi connectivity index (χ3v) is 3.14. The number of imide groups is 1. The Labute approximate surface area is 82.0 Å². The molecular formula is C10H13NO3. The van der Waals surface area contributed by atoms with Gasteiger partial charge < -0.3 is 5.11 Å². The number of aliphatic hydroxyl groups is 1. The van der Waals surface area contributed by atoms with E-state index in [0.29, 0.717) is 0 Å². The first kappa shape index (κ1) is 9.40. The Hall–Kier alpha value is -1.16. The molecule has 0 saturated carbocycles. The van der Waals surface area contributed by atoms with Crippen LogP contribution in [0.1, 0.15) is 6.92 Å². The normalized spacial score (nSPS) is 41.0. The highest BCUT2D eigenvalue weighted by Gasteiger charge is 2.48. The van der Waals surface area contributed by atoms with Gasteiger partial charge in [-0.15, -0.1) is 0 Å². The maximum atomic E-state index is 11.5. The van der Waals surface area contributed by atoms with Crippen LogP contribution in [0.4, 0.5) is 0 Å². The number of aliphatic hydroxyl groups excluding tert-OH is 1. The van der Waals surface area contributed by atoms with Gasteiger partial charge in [0, 0.05) is 5.92 Å². The van der Waals surface area contributed by atoms with E-state index in [0.717, 1.165) is 0 Å². The number of carbonyl (C=O) groups excluding carboxylic acids is 2. The van der Waals surface area contributed by atoms with Gasteiger partial charge in [-0.25, -0.2) is 0 Å². The SMILES string of the molecule is CC1C=CC(CO)C2C(=O)NC(=O)C12. The number of fused-ring (bicyclic) bond motifs is 1. The molecule has 4 unspecified atom stereocenters. The van der Waals surface area contributed by atoms with Gasteiger partial charge in [-0.3, -0.25) is 14.9 Å². The van der Waals surface area contributed by atoms with E-state index in [1.54, 1.807) is 0 Å². The zero-order valence-corrected chi connectivity index (χ0v) is 7.93. The number of hydrogen-bond acceptors (Lipinski definition) is 3. The first-order chi connectivity index (χ1) is 6.65. The Morgan fingerprint density at radius 1 is 1.29 bits per heavy atom. The summed E-state index contributed by atoms with van der Waals surface area (Å²) in [5.74, 6) is -1.22. The second-order valence-corrected chi connectivity index (χ2v) is 4.00. The monoisotopic (exact) mass is 195 g/mol. The number of rotatable bonds is 1. The lowest BCUT2D eigenvalue weighted by molar-refractivity contribution is -0.126. The van der Waals surface area contributed by atoms with Gasteiger partial charge in [-0.1, -0.05) is 19.1 Å². The summed E-state index contributed by atoms with van der Waals surface area (Å²) >= 11 is 0. The second-order valence-electron chi connectivity index (χ2n) is 4.00. The molecule has 14 heavy (non-hydrogen) atoms. The third-order valence-electron chi connectivity index (χ3n) is 3.14. The van der Waals surface area contributed by atoms with E-state index in [9.17, 15) is 9.59 Å². The molecule has 2 amide bonds. The summed E-state index contributed by atoms with van der Waals surface area (Å²) in [6.45, 7) is 1.84. The topological polar surface area (TPSA) is 66.4 Å². The molecule has 1 heterocycles. The highest BCUT2D eigenvalue weighted by Crippen LogP contribution is 2.37. The van der Waals surface area contributed by atoms with Crippen LogP contribution < -0.4 is 5.32 Å². The van der Waals surface area contributed by atoms with Gasteiger partial charge in [-0.2, -0.15) is 0 Å². The van der Waals surface area contributed by atoms with Crippen molar-refractivity contribution in [3.05, 3.63) is 12.2 Å². The van der Waals surface area contributed by atoms with Gasteiger partial charge in [0.1, 0.15) is 0 Å². The van der Waals surface area contributed by atoms with E-state index in [4.69, 9.17) is 5.11 Å². The number of amides is 2. The summed E-state index contributed by atoms with van der Waals surface area (Å²) in [5.41, 5.74) is 0. The summed E-state index contributed by atoms with van der Waals surface area (Å²) < 4.78 is 0. The lowest BCUT2D eigenvalue weighted by Gasteiger charge is -2.28. The molecule has 0 bridgehead atoms. The molecule has 1 saturated heterocycles. The second kappa shape index (κ2) is 3.20. The molecule has 76 valence electrons. The van der Waals surface area contributed by atoms with Crippen molar-refractivity contribution in [2.24, 2.45) is 23.7 Å². The molecule has 0 aromatic carbocycles. The van der Waals surface area contributed by atoms with Crippen LogP contribution in [-0.4, -0.2) is 23.5 Å². The fourth-order valence-corrected chi connectivity index (χ4v) is 2.37. The summed E-state index contributed by atoms with van der Waals surface area (Å²) in [6, 6.07) is 0. The Morgan fingerprint density at radius 3 is 2.57 bits per heavy atom. The van der Waals surface area contributed by atoms with Crippen molar-refractivity contribution in [1.82, 2.24) is 5.32 Å². The first-order valence-electron chi connectivity index (χ1n) is 4.79. The summed E-state index contributed by atoms with van der Waals surface area (Å²) in [7, 11) is 0. The molecule has 2 N–H and O–H groups in total. The molecule has 4 nitrogen and oxygen atoms in total. The summed E-state index contributed by atoms with van der Waals surface area (Å²) in [5, 5.41) is 11.4. The van der Waals surface area contributed by atoms with E-state index in [1.807, 2.05) is 19.1 Å². The average Bonchev–Trinajstić information content (AvgIpc) is 2.44. The molecule has 4 atom stereocenters. The molecule has 1 fully saturated rings. The smallest absolute Gasteiger partial charge is 0.231 e. The largest absolute Gasteiger partial charge is 0.396 e. The van der Waals surface area contributed by atoms with Gasteiger partial charge >= 0.3 is 0 Å². The van der Waals surface area contributed by atoms with E-state index >= 15 is 0 Å². The minimum absolute atomic E-state index is 0.0780. The highest BCUT2D eigenvalue weighted by atomic mass is 16.3. The number of nitrogens with one attached hydrogen (secondary N) is 1. The van der Waals surface area contributed by atoms with Crippen LogP contribution in [0.3, 0.4) is 0 Å². The minimum Gasteiger partial charge on any atom is -0.396 e. The zero-order valence-electron chi connectivity index (χ0n) is 7.93. The van der Waals surface area contributed by atoms with E-state index < -0.39 is 0 Å². The van der Waals surface area contributed by atoms with Crippen molar-refractivity contribution in [3.63, 3.8) is 0 Å². The number of carbonyl (C=O) groups is 2. The highest BCUT2D eigenvalue weighted by molar-refractivity contribution is 6.05. The van der Waals surface area contributed by atoms with Gasteiger partial charge in [0.2, 0.25) is 11.8 Å². The van der Waals surface area contributed by atoms with Crippen LogP contribution >= 0.6 is 0 Å². The molecule has 1 aliphatic carbocycles. The lowest BCUT2D eigenvalue weighted by Crippen LogP contribution is -2.34.